The second-order valence-corrected chi connectivity index (χ2v) is 4.22. The van der Waals surface area contributed by atoms with Crippen LogP contribution < -0.4 is 10.6 Å². The van der Waals surface area contributed by atoms with Gasteiger partial charge >= 0.3 is 0 Å². The Bertz CT molecular complexity index is 347. The zero-order valence-corrected chi connectivity index (χ0v) is 10.9. The van der Waals surface area contributed by atoms with Crippen LogP contribution in [0.15, 0.2) is 16.5 Å². The van der Waals surface area contributed by atoms with Crippen molar-refractivity contribution in [3.05, 3.63) is 23.7 Å². The number of rotatable bonds is 7. The highest BCUT2D eigenvalue weighted by Crippen LogP contribution is 2.06. The van der Waals surface area contributed by atoms with Crippen LogP contribution in [0.5, 0.6) is 0 Å². The van der Waals surface area contributed by atoms with Gasteiger partial charge in [-0.3, -0.25) is 4.79 Å². The Labute approximate surface area is 103 Å². The van der Waals surface area contributed by atoms with E-state index in [1.807, 2.05) is 33.0 Å². The van der Waals surface area contributed by atoms with Crippen LogP contribution in [-0.4, -0.2) is 26.0 Å². The van der Waals surface area contributed by atoms with E-state index in [4.69, 9.17) is 4.42 Å². The van der Waals surface area contributed by atoms with Gasteiger partial charge in [-0.05, 0) is 32.5 Å². The molecule has 1 rings (SSSR count). The van der Waals surface area contributed by atoms with E-state index < -0.39 is 0 Å². The van der Waals surface area contributed by atoms with Crippen LogP contribution in [0.3, 0.4) is 0 Å². The Morgan fingerprint density at radius 1 is 1.47 bits per heavy atom. The largest absolute Gasteiger partial charge is 0.466 e. The summed E-state index contributed by atoms with van der Waals surface area (Å²) in [6.07, 6.45) is 1.60. The Hall–Kier alpha value is -1.29. The smallest absolute Gasteiger partial charge is 0.224 e. The first-order valence-corrected chi connectivity index (χ1v) is 6.15. The number of carbonyl (C=O) groups excluding carboxylic acids is 1. The molecule has 4 heteroatoms. The van der Waals surface area contributed by atoms with Gasteiger partial charge in [0.1, 0.15) is 11.5 Å². The summed E-state index contributed by atoms with van der Waals surface area (Å²) < 4.78 is 5.44. The summed E-state index contributed by atoms with van der Waals surface area (Å²) in [6, 6.07) is 3.89. The van der Waals surface area contributed by atoms with Crippen molar-refractivity contribution < 1.29 is 9.21 Å². The molecule has 2 N–H and O–H groups in total. The molecule has 0 aliphatic rings. The van der Waals surface area contributed by atoms with Gasteiger partial charge in [-0.2, -0.15) is 0 Å². The molecule has 1 amide bonds. The maximum atomic E-state index is 11.8. The topological polar surface area (TPSA) is 54.3 Å². The minimum Gasteiger partial charge on any atom is -0.466 e. The van der Waals surface area contributed by atoms with Gasteiger partial charge in [-0.1, -0.05) is 6.92 Å². The van der Waals surface area contributed by atoms with E-state index in [9.17, 15) is 4.79 Å². The number of carbonyl (C=O) groups is 1. The molecule has 96 valence electrons. The van der Waals surface area contributed by atoms with Gasteiger partial charge in [0, 0.05) is 19.5 Å². The zero-order chi connectivity index (χ0) is 12.7. The van der Waals surface area contributed by atoms with Crippen LogP contribution in [0.1, 0.15) is 24.9 Å². The second kappa shape index (κ2) is 7.12. The fourth-order valence-electron chi connectivity index (χ4n) is 1.74. The maximum Gasteiger partial charge on any atom is 0.224 e. The average molecular weight is 238 g/mol. The van der Waals surface area contributed by atoms with E-state index in [2.05, 4.69) is 10.6 Å². The van der Waals surface area contributed by atoms with Crippen LogP contribution in [0, 0.1) is 12.8 Å². The first-order chi connectivity index (χ1) is 8.17. The van der Waals surface area contributed by atoms with E-state index in [0.29, 0.717) is 6.54 Å². The highest BCUT2D eigenvalue weighted by molar-refractivity contribution is 5.78. The van der Waals surface area contributed by atoms with Crippen molar-refractivity contribution in [3.8, 4) is 0 Å². The molecular formula is C13H22N2O2. The predicted molar refractivity (Wildman–Crippen MR) is 67.9 cm³/mol. The summed E-state index contributed by atoms with van der Waals surface area (Å²) in [6.45, 7) is 5.30. The molecule has 1 unspecified atom stereocenters. The number of nitrogens with one attached hydrogen (secondary N) is 2. The summed E-state index contributed by atoms with van der Waals surface area (Å²) in [4.78, 5) is 11.8. The molecule has 1 atom stereocenters. The molecule has 0 spiro atoms. The normalized spacial score (nSPS) is 12.4. The van der Waals surface area contributed by atoms with Gasteiger partial charge in [0.15, 0.2) is 0 Å². The SMILES string of the molecule is CCC(CNC)C(=O)NCCc1ccc(C)o1. The van der Waals surface area contributed by atoms with Crippen molar-refractivity contribution in [2.24, 2.45) is 5.92 Å². The molecule has 4 nitrogen and oxygen atoms in total. The maximum absolute atomic E-state index is 11.8. The van der Waals surface area contributed by atoms with Crippen molar-refractivity contribution in [2.45, 2.75) is 26.7 Å². The first-order valence-electron chi connectivity index (χ1n) is 6.15. The molecule has 0 saturated carbocycles. The fraction of sp³-hybridized carbons (Fsp3) is 0.615. The van der Waals surface area contributed by atoms with Crippen molar-refractivity contribution in [1.82, 2.24) is 10.6 Å². The minimum atomic E-state index is 0.0540. The highest BCUT2D eigenvalue weighted by atomic mass is 16.3. The molecule has 0 radical (unpaired) electrons. The molecule has 1 aromatic heterocycles. The summed E-state index contributed by atoms with van der Waals surface area (Å²) in [5.74, 6) is 2.00. The van der Waals surface area contributed by atoms with Crippen LogP contribution in [-0.2, 0) is 11.2 Å². The van der Waals surface area contributed by atoms with Gasteiger partial charge in [-0.25, -0.2) is 0 Å². The average Bonchev–Trinajstić information content (AvgIpc) is 2.71. The number of hydrogen-bond donors (Lipinski definition) is 2. The minimum absolute atomic E-state index is 0.0540. The predicted octanol–water partition coefficient (Wildman–Crippen LogP) is 1.49. The molecule has 1 heterocycles. The quantitative estimate of drug-likeness (QED) is 0.756. The van der Waals surface area contributed by atoms with Crippen LogP contribution >= 0.6 is 0 Å². The highest BCUT2D eigenvalue weighted by Gasteiger charge is 2.14. The number of hydrogen-bond acceptors (Lipinski definition) is 3. The lowest BCUT2D eigenvalue weighted by molar-refractivity contribution is -0.124. The number of amides is 1. The van der Waals surface area contributed by atoms with E-state index >= 15 is 0 Å². The lowest BCUT2D eigenvalue weighted by Gasteiger charge is -2.13. The number of aryl methyl sites for hydroxylation is 1. The molecule has 0 saturated heterocycles. The summed E-state index contributed by atoms with van der Waals surface area (Å²) in [7, 11) is 1.86. The Morgan fingerprint density at radius 2 is 2.24 bits per heavy atom. The zero-order valence-electron chi connectivity index (χ0n) is 10.9. The van der Waals surface area contributed by atoms with Crippen LogP contribution in [0.2, 0.25) is 0 Å². The first kappa shape index (κ1) is 13.8. The van der Waals surface area contributed by atoms with Crippen molar-refractivity contribution in [1.29, 1.82) is 0 Å². The molecule has 0 fully saturated rings. The third-order valence-corrected chi connectivity index (χ3v) is 2.78. The molecule has 0 bridgehead atoms. The molecule has 1 aromatic rings. The summed E-state index contributed by atoms with van der Waals surface area (Å²) in [5.41, 5.74) is 0. The fourth-order valence-corrected chi connectivity index (χ4v) is 1.74. The van der Waals surface area contributed by atoms with Crippen molar-refractivity contribution in [3.63, 3.8) is 0 Å². The Morgan fingerprint density at radius 3 is 2.76 bits per heavy atom. The van der Waals surface area contributed by atoms with Gasteiger partial charge in [0.2, 0.25) is 5.91 Å². The van der Waals surface area contributed by atoms with Gasteiger partial charge in [0.25, 0.3) is 0 Å². The third-order valence-electron chi connectivity index (χ3n) is 2.78. The third kappa shape index (κ3) is 4.61. The van der Waals surface area contributed by atoms with E-state index in [1.54, 1.807) is 0 Å². The molecule has 0 aromatic carbocycles. The van der Waals surface area contributed by atoms with Gasteiger partial charge in [-0.15, -0.1) is 0 Å². The summed E-state index contributed by atoms with van der Waals surface area (Å²) in [5, 5.41) is 5.97. The molecule has 0 aliphatic carbocycles. The summed E-state index contributed by atoms with van der Waals surface area (Å²) >= 11 is 0. The lowest BCUT2D eigenvalue weighted by Crippen LogP contribution is -2.36. The van der Waals surface area contributed by atoms with E-state index in [1.165, 1.54) is 0 Å². The molecular weight excluding hydrogens is 216 g/mol. The molecule has 17 heavy (non-hydrogen) atoms. The van der Waals surface area contributed by atoms with E-state index in [-0.39, 0.29) is 11.8 Å². The lowest BCUT2D eigenvalue weighted by atomic mass is 10.1. The van der Waals surface area contributed by atoms with Gasteiger partial charge in [0.05, 0.1) is 5.92 Å². The van der Waals surface area contributed by atoms with Crippen molar-refractivity contribution in [2.75, 3.05) is 20.1 Å². The second-order valence-electron chi connectivity index (χ2n) is 4.22. The van der Waals surface area contributed by atoms with Crippen LogP contribution in [0.25, 0.3) is 0 Å². The number of furan rings is 1. The Kier molecular flexibility index (Phi) is 5.77. The van der Waals surface area contributed by atoms with Crippen molar-refractivity contribution >= 4 is 5.91 Å². The monoisotopic (exact) mass is 238 g/mol. The van der Waals surface area contributed by atoms with Gasteiger partial charge < -0.3 is 15.1 Å². The standard InChI is InChI=1S/C13H22N2O2/c1-4-11(9-14-3)13(16)15-8-7-12-6-5-10(2)17-12/h5-6,11,14H,4,7-9H2,1-3H3,(H,15,16). The Balaban J connectivity index is 2.28. The molecule has 0 aliphatic heterocycles. The van der Waals surface area contributed by atoms with E-state index in [0.717, 1.165) is 30.9 Å². The van der Waals surface area contributed by atoms with Crippen LogP contribution in [0.4, 0.5) is 0 Å².